The second kappa shape index (κ2) is 9.32. The predicted octanol–water partition coefficient (Wildman–Crippen LogP) is 1.29. The van der Waals surface area contributed by atoms with Crippen LogP contribution in [0.2, 0.25) is 0 Å². The average molecular weight is 476 g/mol. The lowest BCUT2D eigenvalue weighted by Gasteiger charge is -2.35. The van der Waals surface area contributed by atoms with E-state index in [9.17, 15) is 8.42 Å². The van der Waals surface area contributed by atoms with Crippen LogP contribution in [-0.4, -0.2) is 88.4 Å². The van der Waals surface area contributed by atoms with Crippen molar-refractivity contribution in [3.05, 3.63) is 30.1 Å². The number of aromatic nitrogens is 2. The zero-order valence-electron chi connectivity index (χ0n) is 18.8. The molecular formula is C22H29N5O5S. The predicted molar refractivity (Wildman–Crippen MR) is 123 cm³/mol. The van der Waals surface area contributed by atoms with Crippen molar-refractivity contribution in [2.24, 2.45) is 0 Å². The van der Waals surface area contributed by atoms with Gasteiger partial charge < -0.3 is 24.0 Å². The fourth-order valence-electron chi connectivity index (χ4n) is 4.26. The van der Waals surface area contributed by atoms with Gasteiger partial charge in [-0.15, -0.1) is 0 Å². The molecule has 10 nitrogen and oxygen atoms in total. The second-order valence-corrected chi connectivity index (χ2v) is 10.2. The minimum Gasteiger partial charge on any atom is -0.490 e. The van der Waals surface area contributed by atoms with E-state index >= 15 is 0 Å². The third-order valence-electron chi connectivity index (χ3n) is 6.07. The molecule has 0 aliphatic carbocycles. The monoisotopic (exact) mass is 475 g/mol. The van der Waals surface area contributed by atoms with E-state index in [1.807, 2.05) is 13.0 Å². The van der Waals surface area contributed by atoms with E-state index < -0.39 is 10.0 Å². The summed E-state index contributed by atoms with van der Waals surface area (Å²) in [5, 5.41) is 0. The Morgan fingerprint density at radius 1 is 0.788 bits per heavy atom. The molecule has 2 fully saturated rings. The maximum Gasteiger partial charge on any atom is 0.243 e. The van der Waals surface area contributed by atoms with Crippen LogP contribution in [0.4, 0.5) is 11.6 Å². The number of morpholine rings is 1. The normalized spacial score (nSPS) is 19.9. The number of hydrogen-bond donors (Lipinski definition) is 0. The minimum atomic E-state index is -3.63. The summed E-state index contributed by atoms with van der Waals surface area (Å²) in [4.78, 5) is 13.8. The standard InChI is InChI=1S/C22H29N5O5S/c1-17-23-21(16-22(24-17)26-9-13-30-14-10-26)25-5-7-27(8-6-25)33(28,29)18-3-4-19-20(15-18)32-12-2-11-31-19/h3-4,15-16H,2,5-14H2,1H3. The molecule has 0 bridgehead atoms. The zero-order valence-corrected chi connectivity index (χ0v) is 19.6. The maximum atomic E-state index is 13.3. The van der Waals surface area contributed by atoms with Gasteiger partial charge in [0, 0.05) is 57.8 Å². The van der Waals surface area contributed by atoms with Crippen molar-refractivity contribution in [1.29, 1.82) is 0 Å². The third-order valence-corrected chi connectivity index (χ3v) is 7.96. The van der Waals surface area contributed by atoms with E-state index in [0.29, 0.717) is 69.9 Å². The molecule has 1 aromatic heterocycles. The molecule has 5 rings (SSSR count). The molecule has 1 aromatic carbocycles. The highest BCUT2D eigenvalue weighted by Gasteiger charge is 2.30. The number of benzene rings is 1. The van der Waals surface area contributed by atoms with Gasteiger partial charge in [0.05, 0.1) is 31.3 Å². The first-order chi connectivity index (χ1) is 16.0. The fourth-order valence-corrected chi connectivity index (χ4v) is 5.70. The molecule has 0 saturated carbocycles. The summed E-state index contributed by atoms with van der Waals surface area (Å²) in [5.74, 6) is 3.50. The number of fused-ring (bicyclic) bond motifs is 1. The van der Waals surface area contributed by atoms with Crippen LogP contribution in [0.25, 0.3) is 0 Å². The van der Waals surface area contributed by atoms with Gasteiger partial charge in [-0.3, -0.25) is 0 Å². The van der Waals surface area contributed by atoms with Gasteiger partial charge in [0.15, 0.2) is 11.5 Å². The Hall–Kier alpha value is -2.63. The number of rotatable bonds is 4. The van der Waals surface area contributed by atoms with Crippen molar-refractivity contribution in [3.8, 4) is 11.5 Å². The van der Waals surface area contributed by atoms with Crippen LogP contribution < -0.4 is 19.3 Å². The van der Waals surface area contributed by atoms with Crippen LogP contribution in [0.1, 0.15) is 12.2 Å². The smallest absolute Gasteiger partial charge is 0.243 e. The lowest BCUT2D eigenvalue weighted by molar-refractivity contribution is 0.122. The van der Waals surface area contributed by atoms with E-state index in [1.165, 1.54) is 4.31 Å². The Morgan fingerprint density at radius 3 is 2.12 bits per heavy atom. The highest BCUT2D eigenvalue weighted by atomic mass is 32.2. The molecule has 11 heteroatoms. The quantitative estimate of drug-likeness (QED) is 0.648. The Bertz CT molecular complexity index is 1100. The van der Waals surface area contributed by atoms with E-state index in [1.54, 1.807) is 18.2 Å². The lowest BCUT2D eigenvalue weighted by Crippen LogP contribution is -2.49. The number of anilines is 2. The van der Waals surface area contributed by atoms with Crippen molar-refractivity contribution < 1.29 is 22.6 Å². The molecule has 3 aliphatic heterocycles. The van der Waals surface area contributed by atoms with Gasteiger partial charge in [-0.1, -0.05) is 0 Å². The number of hydrogen-bond acceptors (Lipinski definition) is 9. The molecule has 0 N–H and O–H groups in total. The largest absolute Gasteiger partial charge is 0.490 e. The number of aryl methyl sites for hydroxylation is 1. The zero-order chi connectivity index (χ0) is 22.8. The number of ether oxygens (including phenoxy) is 3. The second-order valence-electron chi connectivity index (χ2n) is 8.28. The molecule has 0 amide bonds. The third kappa shape index (κ3) is 4.71. The van der Waals surface area contributed by atoms with E-state index in [2.05, 4.69) is 19.8 Å². The first kappa shape index (κ1) is 22.2. The highest BCUT2D eigenvalue weighted by Crippen LogP contribution is 2.33. The molecule has 33 heavy (non-hydrogen) atoms. The van der Waals surface area contributed by atoms with Crippen molar-refractivity contribution in [3.63, 3.8) is 0 Å². The van der Waals surface area contributed by atoms with Gasteiger partial charge in [-0.25, -0.2) is 18.4 Å². The fraction of sp³-hybridized carbons (Fsp3) is 0.545. The van der Waals surface area contributed by atoms with Crippen molar-refractivity contribution >= 4 is 21.7 Å². The Morgan fingerprint density at radius 2 is 1.42 bits per heavy atom. The molecule has 0 atom stereocenters. The number of sulfonamides is 1. The van der Waals surface area contributed by atoms with Crippen molar-refractivity contribution in [1.82, 2.24) is 14.3 Å². The van der Waals surface area contributed by atoms with Gasteiger partial charge in [0.25, 0.3) is 0 Å². The topological polar surface area (TPSA) is 97.3 Å². The van der Waals surface area contributed by atoms with Crippen LogP contribution in [0, 0.1) is 6.92 Å². The van der Waals surface area contributed by atoms with Crippen LogP contribution in [0.15, 0.2) is 29.2 Å². The Kier molecular flexibility index (Phi) is 6.26. The minimum absolute atomic E-state index is 0.229. The maximum absolute atomic E-state index is 13.3. The molecule has 4 heterocycles. The van der Waals surface area contributed by atoms with Gasteiger partial charge in [-0.2, -0.15) is 4.31 Å². The summed E-state index contributed by atoms with van der Waals surface area (Å²) < 4.78 is 44.8. The molecule has 0 unspecified atom stereocenters. The highest BCUT2D eigenvalue weighted by molar-refractivity contribution is 7.89. The van der Waals surface area contributed by atoms with Gasteiger partial charge >= 0.3 is 0 Å². The number of nitrogens with zero attached hydrogens (tertiary/aromatic N) is 5. The molecule has 0 radical (unpaired) electrons. The van der Waals surface area contributed by atoms with Gasteiger partial charge in [0.1, 0.15) is 17.5 Å². The van der Waals surface area contributed by atoms with E-state index in [0.717, 1.165) is 31.1 Å². The average Bonchev–Trinajstić information content (AvgIpc) is 3.09. The summed E-state index contributed by atoms with van der Waals surface area (Å²) in [6.45, 7) is 7.83. The molecule has 3 aliphatic rings. The SMILES string of the molecule is Cc1nc(N2CCOCC2)cc(N2CCN(S(=O)(=O)c3ccc4c(c3)OCCCO4)CC2)n1. The lowest BCUT2D eigenvalue weighted by atomic mass is 10.3. The molecule has 2 aromatic rings. The van der Waals surface area contributed by atoms with Gasteiger partial charge in [-0.05, 0) is 19.1 Å². The summed E-state index contributed by atoms with van der Waals surface area (Å²) >= 11 is 0. The molecule has 2 saturated heterocycles. The first-order valence-electron chi connectivity index (χ1n) is 11.3. The van der Waals surface area contributed by atoms with Crippen LogP contribution >= 0.6 is 0 Å². The summed E-state index contributed by atoms with van der Waals surface area (Å²) in [7, 11) is -3.63. The first-order valence-corrected chi connectivity index (χ1v) is 12.8. The molecular weight excluding hydrogens is 446 g/mol. The molecule has 178 valence electrons. The van der Waals surface area contributed by atoms with E-state index in [4.69, 9.17) is 14.2 Å². The van der Waals surface area contributed by atoms with Gasteiger partial charge in [0.2, 0.25) is 10.0 Å². The van der Waals surface area contributed by atoms with E-state index in [-0.39, 0.29) is 4.90 Å². The van der Waals surface area contributed by atoms with Crippen molar-refractivity contribution in [2.75, 3.05) is 75.5 Å². The van der Waals surface area contributed by atoms with Crippen LogP contribution in [0.3, 0.4) is 0 Å². The summed E-state index contributed by atoms with van der Waals surface area (Å²) in [6.07, 6.45) is 0.772. The van der Waals surface area contributed by atoms with Crippen LogP contribution in [-0.2, 0) is 14.8 Å². The summed E-state index contributed by atoms with van der Waals surface area (Å²) in [6, 6.07) is 6.84. The Labute approximate surface area is 194 Å². The molecule has 0 spiro atoms. The summed E-state index contributed by atoms with van der Waals surface area (Å²) in [5.41, 5.74) is 0. The van der Waals surface area contributed by atoms with Crippen molar-refractivity contribution in [2.45, 2.75) is 18.2 Å². The number of piperazine rings is 1. The Balaban J connectivity index is 1.29. The van der Waals surface area contributed by atoms with Crippen LogP contribution in [0.5, 0.6) is 11.5 Å².